The van der Waals surface area contributed by atoms with Crippen molar-refractivity contribution in [3.05, 3.63) is 29.8 Å². The van der Waals surface area contributed by atoms with E-state index in [1.165, 1.54) is 0 Å². The highest BCUT2D eigenvalue weighted by atomic mass is 16.5. The van der Waals surface area contributed by atoms with Crippen LogP contribution in [0.3, 0.4) is 0 Å². The standard InChI is InChI=1S/C14H21NO2/c1-4-10-17-12-9-7-6-8-11(12)13(16)14(3,15)5-2/h6-9H,4-5,10,15H2,1-3H3. The second-order valence-electron chi connectivity index (χ2n) is 4.44. The van der Waals surface area contributed by atoms with Crippen LogP contribution >= 0.6 is 0 Å². The summed E-state index contributed by atoms with van der Waals surface area (Å²) >= 11 is 0. The normalized spacial score (nSPS) is 14.1. The summed E-state index contributed by atoms with van der Waals surface area (Å²) < 4.78 is 5.57. The molecular formula is C14H21NO2. The fourth-order valence-electron chi connectivity index (χ4n) is 1.46. The molecule has 0 radical (unpaired) electrons. The quantitative estimate of drug-likeness (QED) is 0.771. The summed E-state index contributed by atoms with van der Waals surface area (Å²) in [4.78, 5) is 12.3. The predicted molar refractivity (Wildman–Crippen MR) is 69.4 cm³/mol. The molecule has 0 aliphatic carbocycles. The summed E-state index contributed by atoms with van der Waals surface area (Å²) in [5, 5.41) is 0. The number of rotatable bonds is 6. The molecule has 2 N–H and O–H groups in total. The maximum absolute atomic E-state index is 12.3. The van der Waals surface area contributed by atoms with E-state index in [9.17, 15) is 4.79 Å². The molecule has 17 heavy (non-hydrogen) atoms. The first-order chi connectivity index (χ1) is 8.03. The van der Waals surface area contributed by atoms with Crippen LogP contribution in [0.5, 0.6) is 5.75 Å². The largest absolute Gasteiger partial charge is 0.493 e. The Bertz CT molecular complexity index is 386. The summed E-state index contributed by atoms with van der Waals surface area (Å²) in [7, 11) is 0. The Kier molecular flexibility index (Phi) is 4.70. The van der Waals surface area contributed by atoms with Gasteiger partial charge in [-0.1, -0.05) is 26.0 Å². The van der Waals surface area contributed by atoms with Crippen LogP contribution in [0.25, 0.3) is 0 Å². The van der Waals surface area contributed by atoms with Gasteiger partial charge in [-0.3, -0.25) is 4.79 Å². The molecule has 0 aromatic heterocycles. The third kappa shape index (κ3) is 3.30. The monoisotopic (exact) mass is 235 g/mol. The van der Waals surface area contributed by atoms with E-state index >= 15 is 0 Å². The predicted octanol–water partition coefficient (Wildman–Crippen LogP) is 2.79. The lowest BCUT2D eigenvalue weighted by molar-refractivity contribution is 0.0893. The van der Waals surface area contributed by atoms with Gasteiger partial charge in [0, 0.05) is 0 Å². The summed E-state index contributed by atoms with van der Waals surface area (Å²) in [5.41, 5.74) is 5.73. The zero-order valence-electron chi connectivity index (χ0n) is 10.8. The third-order valence-electron chi connectivity index (χ3n) is 2.85. The fourth-order valence-corrected chi connectivity index (χ4v) is 1.46. The SMILES string of the molecule is CCCOc1ccccc1C(=O)C(C)(N)CC. The molecular weight excluding hydrogens is 214 g/mol. The Hall–Kier alpha value is -1.35. The summed E-state index contributed by atoms with van der Waals surface area (Å²) in [6.07, 6.45) is 1.52. The smallest absolute Gasteiger partial charge is 0.186 e. The average molecular weight is 235 g/mol. The topological polar surface area (TPSA) is 52.3 Å². The molecule has 0 heterocycles. The van der Waals surface area contributed by atoms with Gasteiger partial charge in [-0.25, -0.2) is 0 Å². The fraction of sp³-hybridized carbons (Fsp3) is 0.500. The highest BCUT2D eigenvalue weighted by Crippen LogP contribution is 2.23. The van der Waals surface area contributed by atoms with Crippen molar-refractivity contribution in [1.82, 2.24) is 0 Å². The number of carbonyl (C=O) groups is 1. The number of nitrogens with two attached hydrogens (primary N) is 1. The van der Waals surface area contributed by atoms with Crippen LogP contribution in [0, 0.1) is 0 Å². The van der Waals surface area contributed by atoms with E-state index in [1.54, 1.807) is 13.0 Å². The van der Waals surface area contributed by atoms with Gasteiger partial charge in [0.05, 0.1) is 17.7 Å². The van der Waals surface area contributed by atoms with Crippen molar-refractivity contribution >= 4 is 5.78 Å². The van der Waals surface area contributed by atoms with E-state index in [1.807, 2.05) is 32.0 Å². The molecule has 94 valence electrons. The summed E-state index contributed by atoms with van der Waals surface area (Å²) in [5.74, 6) is 0.566. The number of hydrogen-bond acceptors (Lipinski definition) is 3. The van der Waals surface area contributed by atoms with E-state index in [0.717, 1.165) is 6.42 Å². The number of ether oxygens (including phenoxy) is 1. The van der Waals surface area contributed by atoms with Crippen LogP contribution in [0.15, 0.2) is 24.3 Å². The Balaban J connectivity index is 3.00. The molecule has 1 rings (SSSR count). The van der Waals surface area contributed by atoms with Gasteiger partial charge in [0.1, 0.15) is 5.75 Å². The maximum Gasteiger partial charge on any atom is 0.186 e. The maximum atomic E-state index is 12.3. The summed E-state index contributed by atoms with van der Waals surface area (Å²) in [6, 6.07) is 7.28. The Labute approximate surface area is 103 Å². The molecule has 3 heteroatoms. The minimum absolute atomic E-state index is 0.0632. The number of carbonyl (C=O) groups excluding carboxylic acids is 1. The van der Waals surface area contributed by atoms with E-state index in [2.05, 4.69) is 0 Å². The van der Waals surface area contributed by atoms with Gasteiger partial charge in [0.2, 0.25) is 0 Å². The van der Waals surface area contributed by atoms with Crippen molar-refractivity contribution in [2.24, 2.45) is 5.73 Å². The molecule has 0 aliphatic rings. The Morgan fingerprint density at radius 2 is 2.00 bits per heavy atom. The van der Waals surface area contributed by atoms with Crippen molar-refractivity contribution in [2.45, 2.75) is 39.2 Å². The summed E-state index contributed by atoms with van der Waals surface area (Å²) in [6.45, 7) is 6.31. The first-order valence-corrected chi connectivity index (χ1v) is 6.08. The molecule has 0 saturated heterocycles. The molecule has 0 aliphatic heterocycles. The molecule has 0 spiro atoms. The molecule has 1 aromatic carbocycles. The lowest BCUT2D eigenvalue weighted by atomic mass is 9.89. The minimum atomic E-state index is -0.828. The van der Waals surface area contributed by atoms with Gasteiger partial charge in [0.15, 0.2) is 5.78 Å². The Morgan fingerprint density at radius 1 is 1.35 bits per heavy atom. The van der Waals surface area contributed by atoms with Crippen molar-refractivity contribution in [1.29, 1.82) is 0 Å². The molecule has 3 nitrogen and oxygen atoms in total. The molecule has 0 amide bonds. The van der Waals surface area contributed by atoms with Gasteiger partial charge in [-0.2, -0.15) is 0 Å². The first kappa shape index (κ1) is 13.7. The Morgan fingerprint density at radius 3 is 2.59 bits per heavy atom. The van der Waals surface area contributed by atoms with E-state index in [-0.39, 0.29) is 5.78 Å². The second-order valence-corrected chi connectivity index (χ2v) is 4.44. The van der Waals surface area contributed by atoms with E-state index in [0.29, 0.717) is 24.3 Å². The van der Waals surface area contributed by atoms with Crippen LogP contribution in [-0.2, 0) is 0 Å². The zero-order chi connectivity index (χ0) is 12.9. The van der Waals surface area contributed by atoms with Gasteiger partial charge >= 0.3 is 0 Å². The number of Topliss-reactive ketones (excluding diaryl/α,β-unsaturated/α-hetero) is 1. The molecule has 1 atom stereocenters. The minimum Gasteiger partial charge on any atom is -0.493 e. The second kappa shape index (κ2) is 5.82. The van der Waals surface area contributed by atoms with Crippen molar-refractivity contribution in [3.63, 3.8) is 0 Å². The number of ketones is 1. The van der Waals surface area contributed by atoms with Crippen molar-refractivity contribution < 1.29 is 9.53 Å². The van der Waals surface area contributed by atoms with Crippen LogP contribution in [0.1, 0.15) is 44.0 Å². The van der Waals surface area contributed by atoms with Gasteiger partial charge < -0.3 is 10.5 Å². The molecule has 1 aromatic rings. The van der Waals surface area contributed by atoms with Crippen LogP contribution < -0.4 is 10.5 Å². The molecule has 0 saturated carbocycles. The molecule has 0 fully saturated rings. The van der Waals surface area contributed by atoms with Gasteiger partial charge in [-0.05, 0) is 31.9 Å². The van der Waals surface area contributed by atoms with E-state index in [4.69, 9.17) is 10.5 Å². The van der Waals surface area contributed by atoms with Crippen LogP contribution in [0.2, 0.25) is 0 Å². The van der Waals surface area contributed by atoms with Crippen molar-refractivity contribution in [2.75, 3.05) is 6.61 Å². The lowest BCUT2D eigenvalue weighted by Crippen LogP contribution is -2.44. The number of hydrogen-bond donors (Lipinski definition) is 1. The average Bonchev–Trinajstić information content (AvgIpc) is 2.35. The third-order valence-corrected chi connectivity index (χ3v) is 2.85. The number of benzene rings is 1. The highest BCUT2D eigenvalue weighted by Gasteiger charge is 2.29. The zero-order valence-corrected chi connectivity index (χ0v) is 10.8. The highest BCUT2D eigenvalue weighted by molar-refractivity contribution is 6.04. The van der Waals surface area contributed by atoms with Gasteiger partial charge in [0.25, 0.3) is 0 Å². The van der Waals surface area contributed by atoms with Crippen LogP contribution in [0.4, 0.5) is 0 Å². The first-order valence-electron chi connectivity index (χ1n) is 6.08. The number of para-hydroxylation sites is 1. The molecule has 0 bridgehead atoms. The van der Waals surface area contributed by atoms with E-state index < -0.39 is 5.54 Å². The lowest BCUT2D eigenvalue weighted by Gasteiger charge is -2.22. The van der Waals surface area contributed by atoms with Gasteiger partial charge in [-0.15, -0.1) is 0 Å². The molecule has 1 unspecified atom stereocenters. The van der Waals surface area contributed by atoms with Crippen molar-refractivity contribution in [3.8, 4) is 5.75 Å². The van der Waals surface area contributed by atoms with Crippen LogP contribution in [-0.4, -0.2) is 17.9 Å².